The fourth-order valence-electron chi connectivity index (χ4n) is 1.89. The molecular formula is C12H10BrClN6. The molecule has 3 rings (SSSR count). The lowest BCUT2D eigenvalue weighted by Crippen LogP contribution is -2.08. The van der Waals surface area contributed by atoms with Crippen LogP contribution in [0.25, 0.3) is 17.0 Å². The molecule has 0 saturated heterocycles. The fraction of sp³-hybridized carbons (Fsp3) is 0.167. The first kappa shape index (κ1) is 13.3. The van der Waals surface area contributed by atoms with Crippen LogP contribution in [-0.2, 0) is 0 Å². The highest BCUT2D eigenvalue weighted by Gasteiger charge is 2.14. The largest absolute Gasteiger partial charge is 0.357 e. The van der Waals surface area contributed by atoms with Gasteiger partial charge < -0.3 is 5.32 Å². The molecule has 0 atom stereocenters. The van der Waals surface area contributed by atoms with Gasteiger partial charge in [0.2, 0.25) is 17.2 Å². The van der Waals surface area contributed by atoms with Crippen molar-refractivity contribution in [1.82, 2.24) is 24.5 Å². The summed E-state index contributed by atoms with van der Waals surface area (Å²) < 4.78 is 2.63. The average molecular weight is 354 g/mol. The van der Waals surface area contributed by atoms with E-state index in [9.17, 15) is 0 Å². The molecule has 102 valence electrons. The van der Waals surface area contributed by atoms with Gasteiger partial charge in [0, 0.05) is 11.5 Å². The maximum atomic E-state index is 6.22. The number of fused-ring (bicyclic) bond motifs is 1. The molecule has 2 aromatic heterocycles. The van der Waals surface area contributed by atoms with Gasteiger partial charge >= 0.3 is 0 Å². The second kappa shape index (κ2) is 4.99. The third-order valence-corrected chi connectivity index (χ3v) is 3.48. The molecule has 0 aliphatic heterocycles. The van der Waals surface area contributed by atoms with Gasteiger partial charge in [0.25, 0.3) is 0 Å². The van der Waals surface area contributed by atoms with Crippen LogP contribution in [0.2, 0.25) is 5.28 Å². The molecule has 0 aliphatic rings. The van der Waals surface area contributed by atoms with Crippen LogP contribution in [0.4, 0.5) is 5.95 Å². The molecule has 0 amide bonds. The van der Waals surface area contributed by atoms with Gasteiger partial charge in [-0.15, -0.1) is 0 Å². The Morgan fingerprint density at radius 2 is 2.00 bits per heavy atom. The third-order valence-electron chi connectivity index (χ3n) is 2.73. The highest BCUT2D eigenvalue weighted by atomic mass is 79.9. The first-order chi connectivity index (χ1) is 9.58. The summed E-state index contributed by atoms with van der Waals surface area (Å²) in [6.07, 6.45) is 0. The maximum Gasteiger partial charge on any atom is 0.241 e. The second-order valence-corrected chi connectivity index (χ2v) is 5.36. The van der Waals surface area contributed by atoms with Gasteiger partial charge in [0.05, 0.1) is 11.0 Å². The van der Waals surface area contributed by atoms with Gasteiger partial charge in [0.15, 0.2) is 0 Å². The van der Waals surface area contributed by atoms with Gasteiger partial charge in [-0.05, 0) is 36.7 Å². The van der Waals surface area contributed by atoms with E-state index in [2.05, 4.69) is 41.2 Å². The summed E-state index contributed by atoms with van der Waals surface area (Å²) in [6, 6.07) is 5.73. The number of anilines is 1. The first-order valence-corrected chi connectivity index (χ1v) is 7.00. The van der Waals surface area contributed by atoms with Crippen molar-refractivity contribution < 1.29 is 0 Å². The number of halogens is 2. The standard InChI is InChI=1S/C12H10BrClN6/c1-6-16-11(15-2)19-12(17-6)20-9-4-3-7(13)5-8(9)18-10(20)14/h3-5H,1-2H3,(H,15,16,17,19). The van der Waals surface area contributed by atoms with Gasteiger partial charge in [-0.2, -0.15) is 15.0 Å². The van der Waals surface area contributed by atoms with E-state index in [-0.39, 0.29) is 0 Å². The Labute approximate surface area is 128 Å². The molecule has 0 aliphatic carbocycles. The van der Waals surface area contributed by atoms with E-state index in [0.717, 1.165) is 15.5 Å². The van der Waals surface area contributed by atoms with Crippen LogP contribution in [-0.4, -0.2) is 31.6 Å². The zero-order chi connectivity index (χ0) is 14.3. The van der Waals surface area contributed by atoms with Crippen molar-refractivity contribution in [3.8, 4) is 5.95 Å². The molecule has 0 bridgehead atoms. The molecule has 3 aromatic rings. The summed E-state index contributed by atoms with van der Waals surface area (Å²) in [5.74, 6) is 1.54. The molecule has 0 fully saturated rings. The SMILES string of the molecule is CNc1nc(C)nc(-n2c(Cl)nc3cc(Br)ccc32)n1. The molecule has 0 saturated carbocycles. The van der Waals surface area contributed by atoms with Crippen molar-refractivity contribution in [1.29, 1.82) is 0 Å². The summed E-state index contributed by atoms with van der Waals surface area (Å²) in [6.45, 7) is 1.80. The second-order valence-electron chi connectivity index (χ2n) is 4.11. The van der Waals surface area contributed by atoms with Gasteiger partial charge in [-0.3, -0.25) is 4.57 Å². The maximum absolute atomic E-state index is 6.22. The van der Waals surface area contributed by atoms with E-state index >= 15 is 0 Å². The Kier molecular flexibility index (Phi) is 3.31. The minimum atomic E-state index is 0.311. The van der Waals surface area contributed by atoms with Crippen molar-refractivity contribution in [2.24, 2.45) is 0 Å². The zero-order valence-electron chi connectivity index (χ0n) is 10.7. The van der Waals surface area contributed by atoms with Crippen molar-refractivity contribution >= 4 is 44.5 Å². The molecule has 20 heavy (non-hydrogen) atoms. The van der Waals surface area contributed by atoms with Crippen molar-refractivity contribution in [3.63, 3.8) is 0 Å². The van der Waals surface area contributed by atoms with E-state index in [4.69, 9.17) is 11.6 Å². The van der Waals surface area contributed by atoms with Crippen molar-refractivity contribution in [3.05, 3.63) is 33.8 Å². The summed E-state index contributed by atoms with van der Waals surface area (Å²) in [4.78, 5) is 17.1. The third kappa shape index (κ3) is 2.23. The number of rotatable bonds is 2. The Hall–Kier alpha value is -1.73. The van der Waals surface area contributed by atoms with Crippen molar-refractivity contribution in [2.75, 3.05) is 12.4 Å². The van der Waals surface area contributed by atoms with Crippen LogP contribution in [0.1, 0.15) is 5.82 Å². The van der Waals surface area contributed by atoms with Crippen LogP contribution in [0.3, 0.4) is 0 Å². The predicted octanol–water partition coefficient (Wildman–Crippen LogP) is 2.98. The van der Waals surface area contributed by atoms with Gasteiger partial charge in [-0.25, -0.2) is 4.98 Å². The Morgan fingerprint density at radius 3 is 2.75 bits per heavy atom. The minimum absolute atomic E-state index is 0.311. The monoisotopic (exact) mass is 352 g/mol. The average Bonchev–Trinajstić information content (AvgIpc) is 2.72. The summed E-state index contributed by atoms with van der Waals surface area (Å²) in [5, 5.41) is 3.21. The fourth-order valence-corrected chi connectivity index (χ4v) is 2.50. The number of imidazole rings is 1. The highest BCUT2D eigenvalue weighted by molar-refractivity contribution is 9.10. The Morgan fingerprint density at radius 1 is 1.20 bits per heavy atom. The minimum Gasteiger partial charge on any atom is -0.357 e. The lowest BCUT2D eigenvalue weighted by Gasteiger charge is -2.06. The molecule has 1 aromatic carbocycles. The van der Waals surface area contributed by atoms with E-state index < -0.39 is 0 Å². The smallest absolute Gasteiger partial charge is 0.241 e. The van der Waals surface area contributed by atoms with Crippen molar-refractivity contribution in [2.45, 2.75) is 6.92 Å². The first-order valence-electron chi connectivity index (χ1n) is 5.83. The number of aromatic nitrogens is 5. The molecule has 8 heteroatoms. The van der Waals surface area contributed by atoms with E-state index in [1.165, 1.54) is 0 Å². The molecule has 1 N–H and O–H groups in total. The van der Waals surface area contributed by atoms with E-state index in [1.807, 2.05) is 18.2 Å². The summed E-state index contributed by atoms with van der Waals surface area (Å²) in [5.41, 5.74) is 1.61. The summed E-state index contributed by atoms with van der Waals surface area (Å²) >= 11 is 9.63. The molecular weight excluding hydrogens is 344 g/mol. The van der Waals surface area contributed by atoms with Gasteiger partial charge in [0.1, 0.15) is 5.82 Å². The highest BCUT2D eigenvalue weighted by Crippen LogP contribution is 2.25. The van der Waals surface area contributed by atoms with Crippen LogP contribution in [0.15, 0.2) is 22.7 Å². The topological polar surface area (TPSA) is 68.5 Å². The van der Waals surface area contributed by atoms with Crippen LogP contribution in [0, 0.1) is 6.92 Å². The van der Waals surface area contributed by atoms with Crippen LogP contribution < -0.4 is 5.32 Å². The van der Waals surface area contributed by atoms with Crippen LogP contribution in [0.5, 0.6) is 0 Å². The number of nitrogens with zero attached hydrogens (tertiary/aromatic N) is 5. The molecule has 0 spiro atoms. The van der Waals surface area contributed by atoms with Gasteiger partial charge in [-0.1, -0.05) is 15.9 Å². The molecule has 0 unspecified atom stereocenters. The predicted molar refractivity (Wildman–Crippen MR) is 81.4 cm³/mol. The lowest BCUT2D eigenvalue weighted by atomic mass is 10.3. The van der Waals surface area contributed by atoms with E-state index in [1.54, 1.807) is 18.5 Å². The van der Waals surface area contributed by atoms with E-state index in [0.29, 0.717) is 23.0 Å². The summed E-state index contributed by atoms with van der Waals surface area (Å²) in [7, 11) is 1.75. The number of benzene rings is 1. The normalized spacial score (nSPS) is 11.0. The molecule has 0 radical (unpaired) electrons. The quantitative estimate of drug-likeness (QED) is 0.767. The lowest BCUT2D eigenvalue weighted by molar-refractivity contribution is 0.884. The number of aryl methyl sites for hydroxylation is 1. The van der Waals surface area contributed by atoms with Crippen LogP contribution >= 0.6 is 27.5 Å². The zero-order valence-corrected chi connectivity index (χ0v) is 13.1. The molecule has 6 nitrogen and oxygen atoms in total. The molecule has 2 heterocycles. The Balaban J connectivity index is 2.29. The number of hydrogen-bond acceptors (Lipinski definition) is 5. The Bertz CT molecular complexity index is 800. The number of nitrogens with one attached hydrogen (secondary N) is 1. The number of hydrogen-bond donors (Lipinski definition) is 1.